The van der Waals surface area contributed by atoms with E-state index in [1.54, 1.807) is 6.08 Å². The quantitative estimate of drug-likeness (QED) is 0.440. The zero-order valence-corrected chi connectivity index (χ0v) is 10.9. The van der Waals surface area contributed by atoms with E-state index in [4.69, 9.17) is 5.73 Å². The van der Waals surface area contributed by atoms with Crippen LogP contribution < -0.4 is 11.1 Å². The lowest BCUT2D eigenvalue weighted by molar-refractivity contribution is 0.171. The summed E-state index contributed by atoms with van der Waals surface area (Å²) in [6, 6.07) is 2.42. The summed E-state index contributed by atoms with van der Waals surface area (Å²) in [5.41, 5.74) is 6.26. The van der Waals surface area contributed by atoms with E-state index in [2.05, 4.69) is 16.8 Å². The van der Waals surface area contributed by atoms with Crippen LogP contribution >= 0.6 is 0 Å². The van der Waals surface area contributed by atoms with E-state index >= 15 is 0 Å². The van der Waals surface area contributed by atoms with Gasteiger partial charge in [-0.25, -0.2) is 4.39 Å². The maximum absolute atomic E-state index is 13.5. The lowest BCUT2D eigenvalue weighted by Crippen LogP contribution is -2.45. The number of hydrogen-bond donors (Lipinski definition) is 3. The van der Waals surface area contributed by atoms with Crippen molar-refractivity contribution < 1.29 is 9.50 Å². The molecule has 0 saturated carbocycles. The Labute approximate surface area is 112 Å². The summed E-state index contributed by atoms with van der Waals surface area (Å²) >= 11 is 0. The third kappa shape index (κ3) is 3.05. The van der Waals surface area contributed by atoms with Crippen molar-refractivity contribution in [3.05, 3.63) is 36.2 Å². The Morgan fingerprint density at radius 3 is 2.79 bits per heavy atom. The van der Waals surface area contributed by atoms with E-state index in [1.807, 2.05) is 0 Å². The number of rotatable bonds is 4. The van der Waals surface area contributed by atoms with Crippen LogP contribution in [-0.4, -0.2) is 36.2 Å². The number of nitrogens with one attached hydrogen (secondary N) is 1. The van der Waals surface area contributed by atoms with Crippen molar-refractivity contribution >= 4 is 5.69 Å². The Morgan fingerprint density at radius 1 is 1.47 bits per heavy atom. The molecule has 0 bridgehead atoms. The molecule has 1 aliphatic rings. The molecule has 1 atom stereocenters. The molecule has 0 aromatic heterocycles. The van der Waals surface area contributed by atoms with E-state index in [9.17, 15) is 9.50 Å². The summed E-state index contributed by atoms with van der Waals surface area (Å²) in [5, 5.41) is 13.4. The van der Waals surface area contributed by atoms with Crippen molar-refractivity contribution in [3.63, 3.8) is 0 Å². The molecule has 1 aromatic rings. The van der Waals surface area contributed by atoms with Crippen LogP contribution in [0.5, 0.6) is 5.75 Å². The highest BCUT2D eigenvalue weighted by atomic mass is 19.1. The van der Waals surface area contributed by atoms with Crippen molar-refractivity contribution in [2.45, 2.75) is 12.5 Å². The third-order valence-electron chi connectivity index (χ3n) is 3.47. The molecule has 104 valence electrons. The number of aromatic hydroxyl groups is 1. The number of nitrogen functional groups attached to an aromatic ring is 1. The average molecular weight is 265 g/mol. The van der Waals surface area contributed by atoms with Gasteiger partial charge >= 0.3 is 0 Å². The number of nitrogens with zero attached hydrogens (tertiary/aromatic N) is 1. The number of piperazine rings is 1. The number of nitrogens with two attached hydrogens (primary N) is 1. The normalized spacial score (nSPS) is 18.2. The van der Waals surface area contributed by atoms with Crippen LogP contribution in [0.3, 0.4) is 0 Å². The maximum Gasteiger partial charge on any atom is 0.143 e. The number of hydrogen-bond acceptors (Lipinski definition) is 4. The van der Waals surface area contributed by atoms with Crippen LogP contribution in [-0.2, 0) is 0 Å². The summed E-state index contributed by atoms with van der Waals surface area (Å²) in [7, 11) is 0. The van der Waals surface area contributed by atoms with Gasteiger partial charge < -0.3 is 16.2 Å². The van der Waals surface area contributed by atoms with Crippen LogP contribution in [0.25, 0.3) is 0 Å². The molecule has 0 aliphatic carbocycles. The van der Waals surface area contributed by atoms with Gasteiger partial charge in [-0.2, -0.15) is 0 Å². The molecule has 2 rings (SSSR count). The molecule has 5 heteroatoms. The summed E-state index contributed by atoms with van der Waals surface area (Å²) in [6.45, 7) is 7.23. The first-order valence-electron chi connectivity index (χ1n) is 6.47. The Bertz CT molecular complexity index is 458. The fourth-order valence-electron chi connectivity index (χ4n) is 2.52. The summed E-state index contributed by atoms with van der Waals surface area (Å²) in [5.74, 6) is -0.443. The Hall–Kier alpha value is -1.59. The van der Waals surface area contributed by atoms with Crippen LogP contribution in [0.4, 0.5) is 10.1 Å². The number of halogens is 1. The molecule has 4 nitrogen and oxygen atoms in total. The summed E-state index contributed by atoms with van der Waals surface area (Å²) in [6.07, 6.45) is 2.43. The van der Waals surface area contributed by atoms with Gasteiger partial charge in [0.05, 0.1) is 5.69 Å². The zero-order valence-electron chi connectivity index (χ0n) is 10.9. The molecular formula is C14H20FN3O. The van der Waals surface area contributed by atoms with Gasteiger partial charge in [-0.05, 0) is 12.5 Å². The average Bonchev–Trinajstić information content (AvgIpc) is 2.41. The first kappa shape index (κ1) is 13.8. The summed E-state index contributed by atoms with van der Waals surface area (Å²) in [4.78, 5) is 2.21. The number of phenols is 1. The summed E-state index contributed by atoms with van der Waals surface area (Å²) < 4.78 is 13.5. The van der Waals surface area contributed by atoms with Crippen molar-refractivity contribution in [1.82, 2.24) is 10.2 Å². The predicted octanol–water partition coefficient (Wildman–Crippen LogP) is 1.64. The van der Waals surface area contributed by atoms with Crippen molar-refractivity contribution in [3.8, 4) is 5.75 Å². The lowest BCUT2D eigenvalue weighted by Gasteiger charge is -2.35. The second-order valence-corrected chi connectivity index (χ2v) is 4.76. The minimum atomic E-state index is -0.422. The molecule has 1 heterocycles. The van der Waals surface area contributed by atoms with Gasteiger partial charge in [-0.15, -0.1) is 6.58 Å². The second-order valence-electron chi connectivity index (χ2n) is 4.76. The SMILES string of the molecule is C=CC[C@H](c1cc(F)cc(N)c1O)N1CCNCC1. The first-order chi connectivity index (χ1) is 9.13. The smallest absolute Gasteiger partial charge is 0.143 e. The van der Waals surface area contributed by atoms with Gasteiger partial charge in [-0.1, -0.05) is 6.08 Å². The standard InChI is InChI=1S/C14H20FN3O/c1-2-3-13(18-6-4-17-5-7-18)11-8-10(15)9-12(16)14(11)19/h2,8-9,13,17,19H,1,3-7,16H2/t13-/m1/s1. The second kappa shape index (κ2) is 6.04. The monoisotopic (exact) mass is 265 g/mol. The Kier molecular flexibility index (Phi) is 4.39. The van der Waals surface area contributed by atoms with Crippen LogP contribution in [0.2, 0.25) is 0 Å². The molecule has 0 radical (unpaired) electrons. The Morgan fingerprint density at radius 2 is 2.16 bits per heavy atom. The third-order valence-corrected chi connectivity index (χ3v) is 3.47. The zero-order chi connectivity index (χ0) is 13.8. The molecular weight excluding hydrogens is 245 g/mol. The van der Waals surface area contributed by atoms with Gasteiger partial charge in [0.25, 0.3) is 0 Å². The van der Waals surface area contributed by atoms with Crippen LogP contribution in [0.1, 0.15) is 18.0 Å². The van der Waals surface area contributed by atoms with Gasteiger partial charge in [0, 0.05) is 43.9 Å². The van der Waals surface area contributed by atoms with Crippen molar-refractivity contribution in [2.24, 2.45) is 0 Å². The molecule has 1 saturated heterocycles. The van der Waals surface area contributed by atoms with E-state index in [0.29, 0.717) is 12.0 Å². The van der Waals surface area contributed by atoms with Crippen LogP contribution in [0.15, 0.2) is 24.8 Å². The van der Waals surface area contributed by atoms with Gasteiger partial charge in [-0.3, -0.25) is 4.90 Å². The van der Waals surface area contributed by atoms with Crippen LogP contribution in [0, 0.1) is 5.82 Å². The molecule has 0 unspecified atom stereocenters. The molecule has 0 amide bonds. The number of anilines is 1. The fourth-order valence-corrected chi connectivity index (χ4v) is 2.52. The highest BCUT2D eigenvalue weighted by Gasteiger charge is 2.24. The van der Waals surface area contributed by atoms with Gasteiger partial charge in [0.15, 0.2) is 0 Å². The van der Waals surface area contributed by atoms with E-state index in [1.165, 1.54) is 6.07 Å². The van der Waals surface area contributed by atoms with Gasteiger partial charge in [0.2, 0.25) is 0 Å². The topological polar surface area (TPSA) is 61.5 Å². The minimum absolute atomic E-state index is 0.0215. The lowest BCUT2D eigenvalue weighted by atomic mass is 9.99. The first-order valence-corrected chi connectivity index (χ1v) is 6.47. The molecule has 1 aliphatic heterocycles. The molecule has 1 fully saturated rings. The van der Waals surface area contributed by atoms with E-state index < -0.39 is 5.82 Å². The van der Waals surface area contributed by atoms with Crippen molar-refractivity contribution in [2.75, 3.05) is 31.9 Å². The number of phenolic OH excluding ortho intramolecular Hbond substituents is 1. The maximum atomic E-state index is 13.5. The minimum Gasteiger partial charge on any atom is -0.505 e. The van der Waals surface area contributed by atoms with E-state index in [0.717, 1.165) is 32.2 Å². The predicted molar refractivity (Wildman–Crippen MR) is 74.5 cm³/mol. The van der Waals surface area contributed by atoms with Gasteiger partial charge in [0.1, 0.15) is 11.6 Å². The molecule has 0 spiro atoms. The highest BCUT2D eigenvalue weighted by Crippen LogP contribution is 2.36. The molecule has 1 aromatic carbocycles. The highest BCUT2D eigenvalue weighted by molar-refractivity contribution is 5.57. The van der Waals surface area contributed by atoms with E-state index in [-0.39, 0.29) is 17.5 Å². The largest absolute Gasteiger partial charge is 0.505 e. The molecule has 19 heavy (non-hydrogen) atoms. The molecule has 4 N–H and O–H groups in total. The Balaban J connectivity index is 2.34. The number of benzene rings is 1. The fraction of sp³-hybridized carbons (Fsp3) is 0.429. The van der Waals surface area contributed by atoms with Crippen molar-refractivity contribution in [1.29, 1.82) is 0 Å².